The van der Waals surface area contributed by atoms with Gasteiger partial charge in [-0.1, -0.05) is 18.2 Å². The summed E-state index contributed by atoms with van der Waals surface area (Å²) < 4.78 is 0. The lowest BCUT2D eigenvalue weighted by Crippen LogP contribution is -2.36. The summed E-state index contributed by atoms with van der Waals surface area (Å²) >= 11 is 0. The van der Waals surface area contributed by atoms with E-state index in [-0.39, 0.29) is 0 Å². The van der Waals surface area contributed by atoms with Crippen LogP contribution in [0.3, 0.4) is 0 Å². The van der Waals surface area contributed by atoms with Gasteiger partial charge in [-0.05, 0) is 68.0 Å². The SMILES string of the molecule is Cc1cc(C2(N)C=CC(N)=CC2)c(C)c(C)c1C. The maximum atomic E-state index is 6.54. The highest BCUT2D eigenvalue weighted by atomic mass is 14.7. The van der Waals surface area contributed by atoms with Gasteiger partial charge >= 0.3 is 0 Å². The summed E-state index contributed by atoms with van der Waals surface area (Å²) in [7, 11) is 0. The van der Waals surface area contributed by atoms with Crippen molar-refractivity contribution >= 4 is 0 Å². The average Bonchev–Trinajstić information content (AvgIpc) is 2.35. The van der Waals surface area contributed by atoms with Crippen molar-refractivity contribution in [2.75, 3.05) is 0 Å². The summed E-state index contributed by atoms with van der Waals surface area (Å²) in [5.74, 6) is 0. The molecule has 0 spiro atoms. The summed E-state index contributed by atoms with van der Waals surface area (Å²) in [5.41, 5.74) is 19.2. The van der Waals surface area contributed by atoms with Crippen molar-refractivity contribution in [2.24, 2.45) is 11.5 Å². The Morgan fingerprint density at radius 2 is 1.72 bits per heavy atom. The van der Waals surface area contributed by atoms with Crippen LogP contribution in [0.25, 0.3) is 0 Å². The van der Waals surface area contributed by atoms with E-state index < -0.39 is 5.54 Å². The standard InChI is InChI=1S/C16H22N2/c1-10-9-15(13(4)12(3)11(10)2)16(18)7-5-14(17)6-8-16/h5-7,9H,8,17-18H2,1-4H3. The Morgan fingerprint density at radius 1 is 1.06 bits per heavy atom. The van der Waals surface area contributed by atoms with Gasteiger partial charge < -0.3 is 11.5 Å². The minimum atomic E-state index is -0.420. The van der Waals surface area contributed by atoms with E-state index in [1.54, 1.807) is 0 Å². The van der Waals surface area contributed by atoms with Crippen LogP contribution in [-0.4, -0.2) is 0 Å². The molecule has 0 aliphatic heterocycles. The van der Waals surface area contributed by atoms with Crippen LogP contribution in [0.2, 0.25) is 0 Å². The molecule has 1 aliphatic carbocycles. The molecule has 0 fully saturated rings. The van der Waals surface area contributed by atoms with E-state index in [1.807, 2.05) is 18.2 Å². The first kappa shape index (κ1) is 12.9. The molecule has 0 saturated carbocycles. The van der Waals surface area contributed by atoms with E-state index in [4.69, 9.17) is 11.5 Å². The van der Waals surface area contributed by atoms with Crippen LogP contribution in [0, 0.1) is 27.7 Å². The molecule has 4 N–H and O–H groups in total. The molecule has 18 heavy (non-hydrogen) atoms. The van der Waals surface area contributed by atoms with E-state index in [1.165, 1.54) is 27.8 Å². The average molecular weight is 242 g/mol. The fourth-order valence-electron chi connectivity index (χ4n) is 2.56. The third kappa shape index (κ3) is 1.97. The highest BCUT2D eigenvalue weighted by Crippen LogP contribution is 2.33. The van der Waals surface area contributed by atoms with Gasteiger partial charge in [-0.15, -0.1) is 0 Å². The Bertz CT molecular complexity index is 553. The summed E-state index contributed by atoms with van der Waals surface area (Å²) in [6.45, 7) is 8.63. The Kier molecular flexibility index (Phi) is 3.07. The van der Waals surface area contributed by atoms with Crippen LogP contribution in [0.5, 0.6) is 0 Å². The van der Waals surface area contributed by atoms with Crippen molar-refractivity contribution in [2.45, 2.75) is 39.7 Å². The van der Waals surface area contributed by atoms with Crippen molar-refractivity contribution in [1.82, 2.24) is 0 Å². The highest BCUT2D eigenvalue weighted by Gasteiger charge is 2.28. The van der Waals surface area contributed by atoms with Crippen LogP contribution >= 0.6 is 0 Å². The fourth-order valence-corrected chi connectivity index (χ4v) is 2.56. The second-order valence-electron chi connectivity index (χ2n) is 5.40. The van der Waals surface area contributed by atoms with E-state index in [0.29, 0.717) is 0 Å². The first-order chi connectivity index (χ1) is 8.35. The Balaban J connectivity index is 2.56. The number of benzene rings is 1. The molecule has 2 nitrogen and oxygen atoms in total. The van der Waals surface area contributed by atoms with Gasteiger partial charge in [0.05, 0.1) is 5.54 Å². The van der Waals surface area contributed by atoms with Crippen molar-refractivity contribution in [3.8, 4) is 0 Å². The number of rotatable bonds is 1. The summed E-state index contributed by atoms with van der Waals surface area (Å²) in [5, 5.41) is 0. The highest BCUT2D eigenvalue weighted by molar-refractivity contribution is 5.49. The van der Waals surface area contributed by atoms with E-state index in [2.05, 4.69) is 33.8 Å². The summed E-state index contributed by atoms with van der Waals surface area (Å²) in [4.78, 5) is 0. The maximum Gasteiger partial charge on any atom is 0.0637 e. The monoisotopic (exact) mass is 242 g/mol. The van der Waals surface area contributed by atoms with Gasteiger partial charge in [0.1, 0.15) is 0 Å². The molecule has 1 aliphatic rings. The second kappa shape index (κ2) is 4.29. The topological polar surface area (TPSA) is 52.0 Å². The number of hydrogen-bond donors (Lipinski definition) is 2. The third-order valence-corrected chi connectivity index (χ3v) is 4.23. The van der Waals surface area contributed by atoms with Gasteiger partial charge in [0.2, 0.25) is 0 Å². The molecule has 0 bridgehead atoms. The van der Waals surface area contributed by atoms with Crippen LogP contribution in [0.1, 0.15) is 34.2 Å². The number of aryl methyl sites for hydroxylation is 1. The Labute approximate surface area is 109 Å². The van der Waals surface area contributed by atoms with Crippen LogP contribution in [-0.2, 0) is 5.54 Å². The third-order valence-electron chi connectivity index (χ3n) is 4.23. The zero-order valence-corrected chi connectivity index (χ0v) is 11.7. The minimum Gasteiger partial charge on any atom is -0.399 e. The van der Waals surface area contributed by atoms with Gasteiger partial charge in [0, 0.05) is 5.70 Å². The molecule has 1 unspecified atom stereocenters. The molecular formula is C16H22N2. The molecule has 1 aromatic rings. The lowest BCUT2D eigenvalue weighted by molar-refractivity contribution is 0.557. The molecule has 0 amide bonds. The summed E-state index contributed by atoms with van der Waals surface area (Å²) in [6, 6.07) is 2.22. The first-order valence-corrected chi connectivity index (χ1v) is 6.37. The van der Waals surface area contributed by atoms with Gasteiger partial charge in [-0.2, -0.15) is 0 Å². The number of nitrogens with two attached hydrogens (primary N) is 2. The van der Waals surface area contributed by atoms with Crippen molar-refractivity contribution in [3.63, 3.8) is 0 Å². The van der Waals surface area contributed by atoms with Crippen LogP contribution < -0.4 is 11.5 Å². The molecule has 0 saturated heterocycles. The number of hydrogen-bond acceptors (Lipinski definition) is 2. The van der Waals surface area contributed by atoms with Gasteiger partial charge in [0.15, 0.2) is 0 Å². The molecular weight excluding hydrogens is 220 g/mol. The first-order valence-electron chi connectivity index (χ1n) is 6.37. The lowest BCUT2D eigenvalue weighted by Gasteiger charge is -2.31. The molecule has 2 rings (SSSR count). The smallest absolute Gasteiger partial charge is 0.0637 e. The van der Waals surface area contributed by atoms with Gasteiger partial charge in [-0.3, -0.25) is 0 Å². The van der Waals surface area contributed by atoms with E-state index in [0.717, 1.165) is 12.1 Å². The van der Waals surface area contributed by atoms with Crippen molar-refractivity contribution in [3.05, 3.63) is 57.8 Å². The zero-order chi connectivity index (χ0) is 13.5. The lowest BCUT2D eigenvalue weighted by atomic mass is 9.79. The molecule has 1 aromatic carbocycles. The van der Waals surface area contributed by atoms with E-state index in [9.17, 15) is 0 Å². The number of allylic oxidation sites excluding steroid dienone is 1. The normalized spacial score (nSPS) is 23.1. The van der Waals surface area contributed by atoms with Crippen LogP contribution in [0.15, 0.2) is 30.0 Å². The maximum absolute atomic E-state index is 6.54. The fraction of sp³-hybridized carbons (Fsp3) is 0.375. The zero-order valence-electron chi connectivity index (χ0n) is 11.7. The molecule has 0 radical (unpaired) electrons. The largest absolute Gasteiger partial charge is 0.399 e. The molecule has 2 heteroatoms. The predicted molar refractivity (Wildman–Crippen MR) is 77.3 cm³/mol. The second-order valence-corrected chi connectivity index (χ2v) is 5.40. The minimum absolute atomic E-state index is 0.420. The van der Waals surface area contributed by atoms with Gasteiger partial charge in [-0.25, -0.2) is 0 Å². The van der Waals surface area contributed by atoms with Crippen LogP contribution in [0.4, 0.5) is 0 Å². The quantitative estimate of drug-likeness (QED) is 0.795. The van der Waals surface area contributed by atoms with Crippen molar-refractivity contribution < 1.29 is 0 Å². The Morgan fingerprint density at radius 3 is 2.28 bits per heavy atom. The molecule has 0 heterocycles. The van der Waals surface area contributed by atoms with Crippen molar-refractivity contribution in [1.29, 1.82) is 0 Å². The predicted octanol–water partition coefficient (Wildman–Crippen LogP) is 2.88. The summed E-state index contributed by atoms with van der Waals surface area (Å²) in [6.07, 6.45) is 6.70. The van der Waals surface area contributed by atoms with E-state index >= 15 is 0 Å². The Hall–Kier alpha value is -1.54. The molecule has 0 aromatic heterocycles. The molecule has 96 valence electrons. The molecule has 1 atom stereocenters. The van der Waals surface area contributed by atoms with Gasteiger partial charge in [0.25, 0.3) is 0 Å².